The SMILES string of the molecule is CCCCCOc1cc(F)cc(F)c1Cl. The number of hydrogen-bond acceptors (Lipinski definition) is 1. The molecule has 0 saturated carbocycles. The van der Waals surface area contributed by atoms with Gasteiger partial charge in [0.25, 0.3) is 0 Å². The Labute approximate surface area is 93.0 Å². The average Bonchev–Trinajstić information content (AvgIpc) is 2.19. The Morgan fingerprint density at radius 1 is 1.27 bits per heavy atom. The van der Waals surface area contributed by atoms with E-state index in [0.29, 0.717) is 6.61 Å². The summed E-state index contributed by atoms with van der Waals surface area (Å²) in [6, 6.07) is 1.83. The second-order valence-electron chi connectivity index (χ2n) is 3.26. The van der Waals surface area contributed by atoms with Crippen LogP contribution in [0, 0.1) is 11.6 Å². The first-order valence-electron chi connectivity index (χ1n) is 4.92. The topological polar surface area (TPSA) is 9.23 Å². The molecule has 1 aromatic carbocycles. The number of halogens is 3. The van der Waals surface area contributed by atoms with E-state index in [-0.39, 0.29) is 10.8 Å². The predicted molar refractivity (Wildman–Crippen MR) is 56.4 cm³/mol. The lowest BCUT2D eigenvalue weighted by Crippen LogP contribution is -1.99. The van der Waals surface area contributed by atoms with E-state index in [9.17, 15) is 8.78 Å². The molecule has 0 aliphatic carbocycles. The van der Waals surface area contributed by atoms with Crippen LogP contribution in [0.5, 0.6) is 5.75 Å². The fraction of sp³-hybridized carbons (Fsp3) is 0.455. The van der Waals surface area contributed by atoms with E-state index in [2.05, 4.69) is 6.92 Å². The van der Waals surface area contributed by atoms with Gasteiger partial charge in [0.15, 0.2) is 0 Å². The van der Waals surface area contributed by atoms with Gasteiger partial charge in [-0.05, 0) is 6.42 Å². The Hall–Kier alpha value is -0.830. The highest BCUT2D eigenvalue weighted by atomic mass is 35.5. The molecule has 0 saturated heterocycles. The minimum Gasteiger partial charge on any atom is -0.492 e. The number of ether oxygens (including phenoxy) is 1. The molecule has 0 bridgehead atoms. The van der Waals surface area contributed by atoms with Gasteiger partial charge in [-0.15, -0.1) is 0 Å². The maximum Gasteiger partial charge on any atom is 0.148 e. The summed E-state index contributed by atoms with van der Waals surface area (Å²) in [5.41, 5.74) is 0. The summed E-state index contributed by atoms with van der Waals surface area (Å²) >= 11 is 5.61. The lowest BCUT2D eigenvalue weighted by atomic mass is 10.2. The van der Waals surface area contributed by atoms with E-state index in [0.717, 1.165) is 31.4 Å². The molecule has 1 rings (SSSR count). The van der Waals surface area contributed by atoms with Crippen molar-refractivity contribution in [3.05, 3.63) is 28.8 Å². The smallest absolute Gasteiger partial charge is 0.148 e. The molecule has 0 aliphatic heterocycles. The molecule has 0 spiro atoms. The number of benzene rings is 1. The largest absolute Gasteiger partial charge is 0.492 e. The Morgan fingerprint density at radius 2 is 2.00 bits per heavy atom. The Kier molecular flexibility index (Phi) is 4.82. The highest BCUT2D eigenvalue weighted by Crippen LogP contribution is 2.28. The van der Waals surface area contributed by atoms with Gasteiger partial charge in [-0.2, -0.15) is 0 Å². The van der Waals surface area contributed by atoms with Gasteiger partial charge in [0, 0.05) is 12.1 Å². The van der Waals surface area contributed by atoms with Crippen molar-refractivity contribution >= 4 is 11.6 Å². The molecule has 0 aliphatic rings. The van der Waals surface area contributed by atoms with Crippen molar-refractivity contribution in [3.63, 3.8) is 0 Å². The second kappa shape index (κ2) is 5.91. The van der Waals surface area contributed by atoms with Crippen LogP contribution in [-0.4, -0.2) is 6.61 Å². The zero-order valence-electron chi connectivity index (χ0n) is 8.53. The summed E-state index contributed by atoms with van der Waals surface area (Å²) in [5, 5.41) is -0.159. The summed E-state index contributed by atoms with van der Waals surface area (Å²) < 4.78 is 31.0. The molecule has 0 unspecified atom stereocenters. The lowest BCUT2D eigenvalue weighted by Gasteiger charge is -2.08. The van der Waals surface area contributed by atoms with Gasteiger partial charge < -0.3 is 4.74 Å². The van der Waals surface area contributed by atoms with Crippen LogP contribution < -0.4 is 4.74 Å². The van der Waals surface area contributed by atoms with E-state index in [1.165, 1.54) is 0 Å². The third-order valence-corrected chi connectivity index (χ3v) is 2.33. The maximum absolute atomic E-state index is 13.0. The van der Waals surface area contributed by atoms with Crippen LogP contribution in [0.4, 0.5) is 8.78 Å². The van der Waals surface area contributed by atoms with Gasteiger partial charge in [0.05, 0.1) is 6.61 Å². The summed E-state index contributed by atoms with van der Waals surface area (Å²) in [7, 11) is 0. The van der Waals surface area contributed by atoms with Crippen LogP contribution in [-0.2, 0) is 0 Å². The summed E-state index contributed by atoms with van der Waals surface area (Å²) in [6.45, 7) is 2.49. The molecule has 0 N–H and O–H groups in total. The third-order valence-electron chi connectivity index (χ3n) is 1.97. The molecule has 0 atom stereocenters. The molecule has 4 heteroatoms. The van der Waals surface area contributed by atoms with E-state index >= 15 is 0 Å². The molecular formula is C11H13ClF2O. The third kappa shape index (κ3) is 3.67. The number of rotatable bonds is 5. The molecule has 15 heavy (non-hydrogen) atoms. The Morgan fingerprint density at radius 3 is 2.67 bits per heavy atom. The molecule has 0 fully saturated rings. The summed E-state index contributed by atoms with van der Waals surface area (Å²) in [4.78, 5) is 0. The molecular weight excluding hydrogens is 222 g/mol. The van der Waals surface area contributed by atoms with Crippen molar-refractivity contribution in [3.8, 4) is 5.75 Å². The highest BCUT2D eigenvalue weighted by molar-refractivity contribution is 6.32. The minimum atomic E-state index is -0.790. The molecule has 84 valence electrons. The zero-order chi connectivity index (χ0) is 11.3. The predicted octanol–water partition coefficient (Wildman–Crippen LogP) is 4.19. The summed E-state index contributed by atoms with van der Waals surface area (Å²) in [6.07, 6.45) is 2.94. The van der Waals surface area contributed by atoms with Crippen molar-refractivity contribution in [2.75, 3.05) is 6.61 Å². The molecule has 0 amide bonds. The van der Waals surface area contributed by atoms with Gasteiger partial charge >= 0.3 is 0 Å². The van der Waals surface area contributed by atoms with Crippen LogP contribution in [0.25, 0.3) is 0 Å². The van der Waals surface area contributed by atoms with Crippen molar-refractivity contribution in [2.45, 2.75) is 26.2 Å². The standard InChI is InChI=1S/C11H13ClF2O/c1-2-3-4-5-15-10-7-8(13)6-9(14)11(10)12/h6-7H,2-5H2,1H3. The first-order valence-corrected chi connectivity index (χ1v) is 5.30. The van der Waals surface area contributed by atoms with E-state index in [1.807, 2.05) is 0 Å². The van der Waals surface area contributed by atoms with Crippen molar-refractivity contribution in [2.24, 2.45) is 0 Å². The highest BCUT2D eigenvalue weighted by Gasteiger charge is 2.09. The molecule has 1 nitrogen and oxygen atoms in total. The average molecular weight is 235 g/mol. The fourth-order valence-electron chi connectivity index (χ4n) is 1.17. The van der Waals surface area contributed by atoms with Gasteiger partial charge in [0.2, 0.25) is 0 Å². The Balaban J connectivity index is 2.60. The van der Waals surface area contributed by atoms with Gasteiger partial charge in [-0.25, -0.2) is 8.78 Å². The van der Waals surface area contributed by atoms with Crippen LogP contribution in [0.15, 0.2) is 12.1 Å². The number of unbranched alkanes of at least 4 members (excludes halogenated alkanes) is 2. The summed E-state index contributed by atoms with van der Waals surface area (Å²) in [5.74, 6) is -1.39. The van der Waals surface area contributed by atoms with Crippen LogP contribution in [0.3, 0.4) is 0 Å². The first-order chi connectivity index (χ1) is 7.15. The van der Waals surface area contributed by atoms with E-state index in [4.69, 9.17) is 16.3 Å². The van der Waals surface area contributed by atoms with Crippen LogP contribution in [0.1, 0.15) is 26.2 Å². The van der Waals surface area contributed by atoms with Crippen LogP contribution >= 0.6 is 11.6 Å². The molecule has 0 aromatic heterocycles. The van der Waals surface area contributed by atoms with Gasteiger partial charge in [0.1, 0.15) is 22.4 Å². The maximum atomic E-state index is 13.0. The number of hydrogen-bond donors (Lipinski definition) is 0. The van der Waals surface area contributed by atoms with Gasteiger partial charge in [-0.3, -0.25) is 0 Å². The fourth-order valence-corrected chi connectivity index (χ4v) is 1.34. The monoisotopic (exact) mass is 234 g/mol. The van der Waals surface area contributed by atoms with Crippen molar-refractivity contribution in [1.82, 2.24) is 0 Å². The lowest BCUT2D eigenvalue weighted by molar-refractivity contribution is 0.303. The van der Waals surface area contributed by atoms with E-state index in [1.54, 1.807) is 0 Å². The normalized spacial score (nSPS) is 10.4. The van der Waals surface area contributed by atoms with E-state index < -0.39 is 11.6 Å². The van der Waals surface area contributed by atoms with Crippen molar-refractivity contribution in [1.29, 1.82) is 0 Å². The Bertz CT molecular complexity index is 329. The van der Waals surface area contributed by atoms with Gasteiger partial charge in [-0.1, -0.05) is 31.4 Å². The van der Waals surface area contributed by atoms with Crippen LogP contribution in [0.2, 0.25) is 5.02 Å². The molecule has 0 radical (unpaired) electrons. The first kappa shape index (κ1) is 12.2. The molecule has 0 heterocycles. The zero-order valence-corrected chi connectivity index (χ0v) is 9.28. The molecule has 1 aromatic rings. The van der Waals surface area contributed by atoms with Crippen molar-refractivity contribution < 1.29 is 13.5 Å². The second-order valence-corrected chi connectivity index (χ2v) is 3.63. The quantitative estimate of drug-likeness (QED) is 0.548. The minimum absolute atomic E-state index is 0.0743.